The number of benzene rings is 1. The van der Waals surface area contributed by atoms with Crippen LogP contribution in [0.4, 0.5) is 5.13 Å². The van der Waals surface area contributed by atoms with Crippen LogP contribution in [0.3, 0.4) is 0 Å². The summed E-state index contributed by atoms with van der Waals surface area (Å²) < 4.78 is 0. The van der Waals surface area contributed by atoms with Crippen molar-refractivity contribution in [2.45, 2.75) is 38.8 Å². The number of anilines is 1. The second kappa shape index (κ2) is 7.00. The predicted octanol–water partition coefficient (Wildman–Crippen LogP) is 3.03. The predicted molar refractivity (Wildman–Crippen MR) is 108 cm³/mol. The van der Waals surface area contributed by atoms with Gasteiger partial charge >= 0.3 is 0 Å². The molecule has 2 N–H and O–H groups in total. The van der Waals surface area contributed by atoms with E-state index in [9.17, 15) is 4.79 Å². The number of hydrogen-bond acceptors (Lipinski definition) is 5. The largest absolute Gasteiger partial charge is 0.317 e. The Kier molecular flexibility index (Phi) is 4.50. The first-order chi connectivity index (χ1) is 13.2. The van der Waals surface area contributed by atoms with E-state index in [2.05, 4.69) is 45.9 Å². The second-order valence-corrected chi connectivity index (χ2v) is 9.28. The highest BCUT2D eigenvalue weighted by Gasteiger charge is 2.57. The minimum absolute atomic E-state index is 0.184. The summed E-state index contributed by atoms with van der Waals surface area (Å²) in [5.74, 6) is 0.374. The van der Waals surface area contributed by atoms with Crippen molar-refractivity contribution < 1.29 is 4.79 Å². The first kappa shape index (κ1) is 17.3. The average Bonchev–Trinajstić information content (AvgIpc) is 3.22. The number of amides is 1. The fourth-order valence-electron chi connectivity index (χ4n) is 4.67. The van der Waals surface area contributed by atoms with E-state index in [0.29, 0.717) is 0 Å². The third kappa shape index (κ3) is 3.53. The molecule has 1 aromatic heterocycles. The Morgan fingerprint density at radius 1 is 1.30 bits per heavy atom. The molecule has 1 aliphatic carbocycles. The van der Waals surface area contributed by atoms with Crippen molar-refractivity contribution in [3.8, 4) is 0 Å². The molecule has 2 fully saturated rings. The Hall–Kier alpha value is -1.76. The minimum atomic E-state index is 0.184. The zero-order valence-corrected chi connectivity index (χ0v) is 16.4. The summed E-state index contributed by atoms with van der Waals surface area (Å²) in [4.78, 5) is 21.2. The van der Waals surface area contributed by atoms with Gasteiger partial charge in [0.2, 0.25) is 5.91 Å². The van der Waals surface area contributed by atoms with Gasteiger partial charge in [-0.3, -0.25) is 9.69 Å². The molecule has 3 heterocycles. The number of rotatable bonds is 4. The molecule has 0 radical (unpaired) electrons. The van der Waals surface area contributed by atoms with Crippen molar-refractivity contribution in [1.82, 2.24) is 15.2 Å². The molecule has 6 heteroatoms. The maximum absolute atomic E-state index is 12.7. The van der Waals surface area contributed by atoms with Crippen molar-refractivity contribution in [3.05, 3.63) is 46.5 Å². The maximum Gasteiger partial charge on any atom is 0.229 e. The number of aromatic nitrogens is 1. The number of carbonyl (C=O) groups excluding carboxylic acids is 1. The van der Waals surface area contributed by atoms with Crippen LogP contribution in [0.5, 0.6) is 0 Å². The zero-order chi connectivity index (χ0) is 18.3. The molecule has 5 nitrogen and oxygen atoms in total. The second-order valence-electron chi connectivity index (χ2n) is 8.19. The van der Waals surface area contributed by atoms with Crippen molar-refractivity contribution in [2.75, 3.05) is 25.0 Å². The van der Waals surface area contributed by atoms with Crippen LogP contribution in [0.1, 0.15) is 35.4 Å². The van der Waals surface area contributed by atoms with Crippen LogP contribution < -0.4 is 10.6 Å². The van der Waals surface area contributed by atoms with Gasteiger partial charge in [0.05, 0.1) is 5.69 Å². The lowest BCUT2D eigenvalue weighted by Crippen LogP contribution is -2.31. The highest BCUT2D eigenvalue weighted by atomic mass is 32.1. The summed E-state index contributed by atoms with van der Waals surface area (Å²) in [5, 5.41) is 7.32. The van der Waals surface area contributed by atoms with Crippen LogP contribution in [-0.4, -0.2) is 35.4 Å². The van der Waals surface area contributed by atoms with Crippen LogP contribution >= 0.6 is 11.3 Å². The molecule has 1 aromatic carbocycles. The summed E-state index contributed by atoms with van der Waals surface area (Å²) in [5.41, 5.74) is 2.80. The van der Waals surface area contributed by atoms with Crippen LogP contribution in [0, 0.1) is 11.3 Å². The van der Waals surface area contributed by atoms with Gasteiger partial charge in [0.15, 0.2) is 5.13 Å². The highest BCUT2D eigenvalue weighted by Crippen LogP contribution is 2.58. The molecule has 1 amide bonds. The van der Waals surface area contributed by atoms with E-state index in [1.54, 1.807) is 11.3 Å². The van der Waals surface area contributed by atoms with Gasteiger partial charge in [-0.15, -0.1) is 11.3 Å². The molecular weight excluding hydrogens is 356 g/mol. The Labute approximate surface area is 164 Å². The molecule has 2 aromatic rings. The minimum Gasteiger partial charge on any atom is -0.317 e. The van der Waals surface area contributed by atoms with Crippen molar-refractivity contribution >= 4 is 22.4 Å². The number of nitrogens with zero attached hydrogens (tertiary/aromatic N) is 2. The van der Waals surface area contributed by atoms with E-state index < -0.39 is 0 Å². The van der Waals surface area contributed by atoms with E-state index in [-0.39, 0.29) is 17.2 Å². The van der Waals surface area contributed by atoms with Crippen LogP contribution in [0.15, 0.2) is 30.3 Å². The molecule has 1 unspecified atom stereocenters. The Morgan fingerprint density at radius 3 is 2.93 bits per heavy atom. The van der Waals surface area contributed by atoms with Gasteiger partial charge in [0.1, 0.15) is 0 Å². The van der Waals surface area contributed by atoms with Crippen molar-refractivity contribution in [3.63, 3.8) is 0 Å². The zero-order valence-electron chi connectivity index (χ0n) is 15.5. The summed E-state index contributed by atoms with van der Waals surface area (Å²) in [6.45, 7) is 5.02. The molecule has 0 bridgehead atoms. The maximum atomic E-state index is 12.7. The van der Waals surface area contributed by atoms with Gasteiger partial charge in [0.25, 0.3) is 0 Å². The van der Waals surface area contributed by atoms with Crippen molar-refractivity contribution in [1.29, 1.82) is 0 Å². The number of fused-ring (bicyclic) bond motifs is 1. The lowest BCUT2D eigenvalue weighted by atomic mass is 9.92. The lowest BCUT2D eigenvalue weighted by molar-refractivity contribution is -0.118. The summed E-state index contributed by atoms with van der Waals surface area (Å²) in [7, 11) is 0. The molecule has 3 aliphatic rings. The average molecular weight is 383 g/mol. The molecule has 1 spiro atoms. The summed E-state index contributed by atoms with van der Waals surface area (Å²) in [6, 6.07) is 10.6. The molecule has 1 saturated heterocycles. The van der Waals surface area contributed by atoms with Gasteiger partial charge in [-0.1, -0.05) is 30.3 Å². The number of carbonyl (C=O) groups is 1. The van der Waals surface area contributed by atoms with Gasteiger partial charge in [-0.05, 0) is 43.3 Å². The Balaban J connectivity index is 1.21. The Bertz CT molecular complexity index is 828. The summed E-state index contributed by atoms with van der Waals surface area (Å²) >= 11 is 1.66. The smallest absolute Gasteiger partial charge is 0.229 e. The molecule has 5 rings (SSSR count). The first-order valence-corrected chi connectivity index (χ1v) is 10.8. The third-order valence-corrected chi connectivity index (χ3v) is 7.39. The molecule has 2 aliphatic heterocycles. The SMILES string of the molecule is O=C(Nc1nc2c(s1)CN(Cc1ccccc1)CC2)C1CC12CCNCC2. The quantitative estimate of drug-likeness (QED) is 0.853. The molecule has 27 heavy (non-hydrogen) atoms. The fourth-order valence-corrected chi connectivity index (χ4v) is 5.72. The third-order valence-electron chi connectivity index (χ3n) is 6.39. The monoisotopic (exact) mass is 382 g/mol. The van der Waals surface area contributed by atoms with E-state index in [4.69, 9.17) is 4.98 Å². The van der Waals surface area contributed by atoms with Crippen molar-refractivity contribution in [2.24, 2.45) is 11.3 Å². The van der Waals surface area contributed by atoms with Crippen LogP contribution in [-0.2, 0) is 24.3 Å². The van der Waals surface area contributed by atoms with Gasteiger partial charge < -0.3 is 10.6 Å². The fraction of sp³-hybridized carbons (Fsp3) is 0.524. The molecule has 1 saturated carbocycles. The molecular formula is C21H26N4OS. The first-order valence-electron chi connectivity index (χ1n) is 9.98. The summed E-state index contributed by atoms with van der Waals surface area (Å²) in [6.07, 6.45) is 4.28. The van der Waals surface area contributed by atoms with Gasteiger partial charge in [0, 0.05) is 36.9 Å². The number of hydrogen-bond donors (Lipinski definition) is 2. The normalized spacial score (nSPS) is 23.8. The number of nitrogens with one attached hydrogen (secondary N) is 2. The molecule has 142 valence electrons. The number of thiazole rings is 1. The highest BCUT2D eigenvalue weighted by molar-refractivity contribution is 7.15. The van der Waals surface area contributed by atoms with Crippen LogP contribution in [0.25, 0.3) is 0 Å². The Morgan fingerprint density at radius 2 is 2.11 bits per heavy atom. The van der Waals surface area contributed by atoms with Gasteiger partial charge in [-0.2, -0.15) is 0 Å². The standard InChI is InChI=1S/C21H26N4OS/c26-19(16-12-21(16)7-9-22-10-8-21)24-20-23-17-6-11-25(14-18(17)27-20)13-15-4-2-1-3-5-15/h1-5,16,22H,6-14H2,(H,23,24,26). The van der Waals surface area contributed by atoms with E-state index in [0.717, 1.165) is 63.5 Å². The van der Waals surface area contributed by atoms with E-state index in [1.807, 2.05) is 0 Å². The lowest BCUT2D eigenvalue weighted by Gasteiger charge is -2.25. The topological polar surface area (TPSA) is 57.3 Å². The van der Waals surface area contributed by atoms with Gasteiger partial charge in [-0.25, -0.2) is 4.98 Å². The van der Waals surface area contributed by atoms with E-state index in [1.165, 1.54) is 16.1 Å². The number of piperidine rings is 1. The molecule has 1 atom stereocenters. The van der Waals surface area contributed by atoms with E-state index >= 15 is 0 Å². The van der Waals surface area contributed by atoms with Crippen LogP contribution in [0.2, 0.25) is 0 Å².